The van der Waals surface area contributed by atoms with E-state index in [4.69, 9.17) is 0 Å². The highest BCUT2D eigenvalue weighted by atomic mass is 32.2. The zero-order valence-corrected chi connectivity index (χ0v) is 17.0. The minimum absolute atomic E-state index is 0.0164. The molecule has 1 heterocycles. The van der Waals surface area contributed by atoms with Gasteiger partial charge in [-0.25, -0.2) is 0 Å². The van der Waals surface area contributed by atoms with E-state index in [1.165, 1.54) is 5.56 Å². The van der Waals surface area contributed by atoms with E-state index in [-0.39, 0.29) is 5.91 Å². The smallest absolute Gasteiger partial charge is 0.253 e. The number of nitrogens with zero attached hydrogens (tertiary/aromatic N) is 4. The van der Waals surface area contributed by atoms with Crippen molar-refractivity contribution in [3.05, 3.63) is 65.2 Å². The monoisotopic (exact) mass is 380 g/mol. The van der Waals surface area contributed by atoms with E-state index in [0.717, 1.165) is 34.4 Å². The Kier molecular flexibility index (Phi) is 5.96. The van der Waals surface area contributed by atoms with Crippen LogP contribution in [0.15, 0.2) is 53.7 Å². The number of carbonyl (C=O) groups is 1. The zero-order valence-electron chi connectivity index (χ0n) is 16.1. The molecule has 140 valence electrons. The third kappa shape index (κ3) is 4.39. The molecule has 0 aliphatic carbocycles. The van der Waals surface area contributed by atoms with Gasteiger partial charge in [0.2, 0.25) is 0 Å². The van der Waals surface area contributed by atoms with Crippen molar-refractivity contribution in [2.75, 3.05) is 14.1 Å². The summed E-state index contributed by atoms with van der Waals surface area (Å²) in [6.45, 7) is 5.00. The molecule has 0 N–H and O–H groups in total. The van der Waals surface area contributed by atoms with E-state index in [1.807, 2.05) is 30.3 Å². The van der Waals surface area contributed by atoms with Gasteiger partial charge in [0, 0.05) is 37.5 Å². The number of thioether (sulfide) groups is 1. The second-order valence-electron chi connectivity index (χ2n) is 6.61. The van der Waals surface area contributed by atoms with Crippen LogP contribution in [0.1, 0.15) is 28.4 Å². The normalized spacial score (nSPS) is 10.8. The van der Waals surface area contributed by atoms with E-state index in [9.17, 15) is 4.79 Å². The molecule has 0 bridgehead atoms. The van der Waals surface area contributed by atoms with Crippen LogP contribution < -0.4 is 0 Å². The summed E-state index contributed by atoms with van der Waals surface area (Å²) < 4.78 is 2.14. The lowest BCUT2D eigenvalue weighted by Crippen LogP contribution is -2.21. The Morgan fingerprint density at radius 2 is 1.85 bits per heavy atom. The number of carbonyl (C=O) groups excluding carboxylic acids is 1. The van der Waals surface area contributed by atoms with Crippen LogP contribution in [-0.2, 0) is 12.3 Å². The topological polar surface area (TPSA) is 51.0 Å². The fourth-order valence-electron chi connectivity index (χ4n) is 2.83. The minimum Gasteiger partial charge on any atom is -0.345 e. The molecule has 2 aromatic carbocycles. The summed E-state index contributed by atoms with van der Waals surface area (Å²) in [6, 6.07) is 16.1. The van der Waals surface area contributed by atoms with Gasteiger partial charge in [-0.2, -0.15) is 0 Å². The van der Waals surface area contributed by atoms with Crippen LogP contribution in [0.3, 0.4) is 0 Å². The van der Waals surface area contributed by atoms with Gasteiger partial charge in [-0.05, 0) is 37.6 Å². The van der Waals surface area contributed by atoms with E-state index < -0.39 is 0 Å². The maximum Gasteiger partial charge on any atom is 0.253 e. The van der Waals surface area contributed by atoms with E-state index in [1.54, 1.807) is 30.8 Å². The average molecular weight is 381 g/mol. The summed E-state index contributed by atoms with van der Waals surface area (Å²) in [5.41, 5.74) is 4.15. The number of aromatic nitrogens is 3. The Balaban J connectivity index is 1.74. The highest BCUT2D eigenvalue weighted by Crippen LogP contribution is 2.27. The molecule has 0 aliphatic heterocycles. The molecular formula is C21H24N4OS. The maximum absolute atomic E-state index is 12.0. The van der Waals surface area contributed by atoms with Gasteiger partial charge in [-0.15, -0.1) is 10.2 Å². The van der Waals surface area contributed by atoms with Crippen molar-refractivity contribution < 1.29 is 4.79 Å². The molecule has 0 spiro atoms. The van der Waals surface area contributed by atoms with Gasteiger partial charge in [-0.3, -0.25) is 4.79 Å². The standard InChI is InChI=1S/C21H24N4OS/c1-5-25-19(18-8-6-7-15(2)13-18)22-23-21(25)27-14-16-9-11-17(12-10-16)20(26)24(3)4/h6-13H,5,14H2,1-4H3. The number of hydrogen-bond donors (Lipinski definition) is 0. The third-order valence-electron chi connectivity index (χ3n) is 4.28. The summed E-state index contributed by atoms with van der Waals surface area (Å²) in [5, 5.41) is 9.71. The molecule has 0 saturated heterocycles. The average Bonchev–Trinajstić information content (AvgIpc) is 3.09. The molecule has 5 nitrogen and oxygen atoms in total. The third-order valence-corrected chi connectivity index (χ3v) is 5.32. The van der Waals surface area contributed by atoms with Crippen molar-refractivity contribution in [1.29, 1.82) is 0 Å². The first-order valence-electron chi connectivity index (χ1n) is 8.93. The van der Waals surface area contributed by atoms with E-state index in [0.29, 0.717) is 5.56 Å². The van der Waals surface area contributed by atoms with Gasteiger partial charge in [0.25, 0.3) is 5.91 Å². The summed E-state index contributed by atoms with van der Waals surface area (Å²) in [4.78, 5) is 13.6. The second-order valence-corrected chi connectivity index (χ2v) is 7.55. The van der Waals surface area contributed by atoms with Crippen LogP contribution in [0.5, 0.6) is 0 Å². The van der Waals surface area contributed by atoms with Crippen molar-refractivity contribution in [2.24, 2.45) is 0 Å². The van der Waals surface area contributed by atoms with Gasteiger partial charge in [0.1, 0.15) is 0 Å². The first kappa shape index (κ1) is 19.2. The number of hydrogen-bond acceptors (Lipinski definition) is 4. The molecule has 0 unspecified atom stereocenters. The van der Waals surface area contributed by atoms with Crippen molar-refractivity contribution in [1.82, 2.24) is 19.7 Å². The molecule has 0 saturated carbocycles. The Hall–Kier alpha value is -2.60. The Morgan fingerprint density at radius 1 is 1.11 bits per heavy atom. The molecule has 0 aliphatic rings. The lowest BCUT2D eigenvalue weighted by atomic mass is 10.1. The van der Waals surface area contributed by atoms with E-state index >= 15 is 0 Å². The number of amides is 1. The number of rotatable bonds is 6. The number of benzene rings is 2. The SMILES string of the molecule is CCn1c(SCc2ccc(C(=O)N(C)C)cc2)nnc1-c1cccc(C)c1. The highest BCUT2D eigenvalue weighted by Gasteiger charge is 2.14. The van der Waals surface area contributed by atoms with Crippen LogP contribution in [0.25, 0.3) is 11.4 Å². The zero-order chi connectivity index (χ0) is 19.4. The van der Waals surface area contributed by atoms with Crippen molar-refractivity contribution in [2.45, 2.75) is 31.3 Å². The van der Waals surface area contributed by atoms with Crippen LogP contribution in [-0.4, -0.2) is 39.7 Å². The summed E-state index contributed by atoms with van der Waals surface area (Å²) in [6.07, 6.45) is 0. The van der Waals surface area contributed by atoms with Crippen molar-refractivity contribution in [3.63, 3.8) is 0 Å². The fourth-order valence-corrected chi connectivity index (χ4v) is 3.79. The Bertz CT molecular complexity index is 932. The molecule has 1 amide bonds. The van der Waals surface area contributed by atoms with Crippen LogP contribution in [0.4, 0.5) is 0 Å². The van der Waals surface area contributed by atoms with Crippen molar-refractivity contribution in [3.8, 4) is 11.4 Å². The van der Waals surface area contributed by atoms with Gasteiger partial charge in [-0.1, -0.05) is 47.7 Å². The van der Waals surface area contributed by atoms with Crippen LogP contribution in [0, 0.1) is 6.92 Å². The van der Waals surface area contributed by atoms with Crippen LogP contribution in [0.2, 0.25) is 0 Å². The largest absolute Gasteiger partial charge is 0.345 e. The summed E-state index contributed by atoms with van der Waals surface area (Å²) in [5.74, 6) is 1.70. The van der Waals surface area contributed by atoms with Gasteiger partial charge < -0.3 is 9.47 Å². The van der Waals surface area contributed by atoms with Gasteiger partial charge in [0.05, 0.1) is 0 Å². The molecule has 0 radical (unpaired) electrons. The van der Waals surface area contributed by atoms with Gasteiger partial charge in [0.15, 0.2) is 11.0 Å². The lowest BCUT2D eigenvalue weighted by molar-refractivity contribution is 0.0827. The molecule has 0 fully saturated rings. The summed E-state index contributed by atoms with van der Waals surface area (Å²) in [7, 11) is 3.52. The second kappa shape index (κ2) is 8.39. The summed E-state index contributed by atoms with van der Waals surface area (Å²) >= 11 is 1.66. The maximum atomic E-state index is 12.0. The molecule has 0 atom stereocenters. The molecule has 1 aromatic heterocycles. The lowest BCUT2D eigenvalue weighted by Gasteiger charge is -2.10. The quantitative estimate of drug-likeness (QED) is 0.599. The number of aryl methyl sites for hydroxylation is 1. The first-order chi connectivity index (χ1) is 13.0. The van der Waals surface area contributed by atoms with Crippen LogP contribution >= 0.6 is 11.8 Å². The van der Waals surface area contributed by atoms with E-state index in [2.05, 4.69) is 46.8 Å². The first-order valence-corrected chi connectivity index (χ1v) is 9.91. The van der Waals surface area contributed by atoms with Gasteiger partial charge >= 0.3 is 0 Å². The molecular weight excluding hydrogens is 356 g/mol. The predicted octanol–water partition coefficient (Wildman–Crippen LogP) is 4.27. The Morgan fingerprint density at radius 3 is 2.48 bits per heavy atom. The predicted molar refractivity (Wildman–Crippen MR) is 110 cm³/mol. The highest BCUT2D eigenvalue weighted by molar-refractivity contribution is 7.98. The molecule has 27 heavy (non-hydrogen) atoms. The Labute approximate surface area is 164 Å². The molecule has 6 heteroatoms. The molecule has 3 rings (SSSR count). The molecule has 3 aromatic rings. The fraction of sp³-hybridized carbons (Fsp3) is 0.286. The minimum atomic E-state index is 0.0164. The van der Waals surface area contributed by atoms with Crippen molar-refractivity contribution >= 4 is 17.7 Å².